The molecule has 0 aliphatic carbocycles. The van der Waals surface area contributed by atoms with Crippen molar-refractivity contribution in [3.63, 3.8) is 0 Å². The minimum atomic E-state index is -4.41. The predicted octanol–water partition coefficient (Wildman–Crippen LogP) is 5.08. The summed E-state index contributed by atoms with van der Waals surface area (Å²) in [5.74, 6) is 0.780. The van der Waals surface area contributed by atoms with Gasteiger partial charge in [-0.25, -0.2) is 9.19 Å². The number of aromatic nitrogens is 1. The molecule has 0 spiro atoms. The second kappa shape index (κ2) is 11.2. The molecule has 0 aliphatic heterocycles. The number of anilines is 1. The highest BCUT2D eigenvalue weighted by atomic mass is 32.2. The molecule has 0 saturated heterocycles. The molecule has 0 fully saturated rings. The zero-order chi connectivity index (χ0) is 23.8. The average molecular weight is 481 g/mol. The molecule has 0 radical (unpaired) electrons. The molecule has 3 aromatic rings. The van der Waals surface area contributed by atoms with Crippen LogP contribution in [-0.4, -0.2) is 35.8 Å². The lowest BCUT2D eigenvalue weighted by Crippen LogP contribution is -2.09. The van der Waals surface area contributed by atoms with E-state index in [4.69, 9.17) is 14.2 Å². The van der Waals surface area contributed by atoms with Crippen LogP contribution >= 0.6 is 0 Å². The van der Waals surface area contributed by atoms with Gasteiger partial charge in [0, 0.05) is 25.1 Å². The molecular weight excluding hydrogens is 457 g/mol. The summed E-state index contributed by atoms with van der Waals surface area (Å²) in [5, 5.41) is 0. The van der Waals surface area contributed by atoms with Crippen LogP contribution in [0.25, 0.3) is 11.1 Å². The Kier molecular flexibility index (Phi) is 8.29. The van der Waals surface area contributed by atoms with Gasteiger partial charge in [0.15, 0.2) is 0 Å². The van der Waals surface area contributed by atoms with Gasteiger partial charge in [0.1, 0.15) is 35.6 Å². The normalized spacial score (nSPS) is 12.3. The summed E-state index contributed by atoms with van der Waals surface area (Å²) in [6.45, 7) is 0.648. The van der Waals surface area contributed by atoms with E-state index in [9.17, 15) is 17.4 Å². The van der Waals surface area contributed by atoms with Crippen molar-refractivity contribution in [3.05, 3.63) is 71.9 Å². The topological polar surface area (TPSA) is 69.7 Å². The van der Waals surface area contributed by atoms with Crippen molar-refractivity contribution in [3.8, 4) is 22.8 Å². The number of pyridine rings is 1. The van der Waals surface area contributed by atoms with Gasteiger partial charge >= 0.3 is 6.18 Å². The van der Waals surface area contributed by atoms with Crippen molar-refractivity contribution in [2.75, 3.05) is 31.3 Å². The fraction of sp³-hybridized carbons (Fsp3) is 0.261. The summed E-state index contributed by atoms with van der Waals surface area (Å²) in [5.41, 5.74) is 1.62. The van der Waals surface area contributed by atoms with Crippen molar-refractivity contribution in [1.29, 1.82) is 0 Å². The van der Waals surface area contributed by atoms with Gasteiger partial charge in [0.2, 0.25) is 5.88 Å². The average Bonchev–Trinajstić information content (AvgIpc) is 2.78. The van der Waals surface area contributed by atoms with Gasteiger partial charge in [-0.2, -0.15) is 13.2 Å². The number of hydrogen-bond acceptors (Lipinski definition) is 5. The second-order valence-electron chi connectivity index (χ2n) is 6.99. The minimum Gasteiger partial charge on any atom is -0.489 e. The van der Waals surface area contributed by atoms with E-state index in [0.717, 1.165) is 17.7 Å². The first-order valence-corrected chi connectivity index (χ1v) is 11.4. The third-order valence-electron chi connectivity index (χ3n) is 4.46. The Morgan fingerprint density at radius 1 is 1.00 bits per heavy atom. The molecule has 33 heavy (non-hydrogen) atoms. The first-order valence-electron chi connectivity index (χ1n) is 9.87. The van der Waals surface area contributed by atoms with Crippen LogP contribution in [0.4, 0.5) is 18.9 Å². The summed E-state index contributed by atoms with van der Waals surface area (Å²) >= 11 is 0. The van der Waals surface area contributed by atoms with Crippen molar-refractivity contribution in [2.24, 2.45) is 0 Å². The summed E-state index contributed by atoms with van der Waals surface area (Å²) in [6.07, 6.45) is -1.30. The maximum absolute atomic E-state index is 12.9. The van der Waals surface area contributed by atoms with E-state index < -0.39 is 22.7 Å². The van der Waals surface area contributed by atoms with Crippen LogP contribution < -0.4 is 14.2 Å². The zero-order valence-electron chi connectivity index (χ0n) is 18.0. The first kappa shape index (κ1) is 24.5. The largest absolute Gasteiger partial charge is 0.489 e. The lowest BCUT2D eigenvalue weighted by Gasteiger charge is -2.13. The quantitative estimate of drug-likeness (QED) is 0.410. The standard InChI is InChI=1S/C23H23F3N2O4S/c1-30-9-10-31-22-21(28-33(2)29)13-18(14-27-22)17-6-4-8-20(12-17)32-15-16-5-3-7-19(11-16)23(24,25)26/h3-8,11-14,28H,9-10,15H2,1-2H3. The van der Waals surface area contributed by atoms with Crippen LogP contribution in [0.2, 0.25) is 0 Å². The van der Waals surface area contributed by atoms with Gasteiger partial charge in [0.05, 0.1) is 12.2 Å². The summed E-state index contributed by atoms with van der Waals surface area (Å²) < 4.78 is 69.5. The van der Waals surface area contributed by atoms with E-state index in [1.807, 2.05) is 6.07 Å². The molecule has 0 bridgehead atoms. The number of ether oxygens (including phenoxy) is 3. The fourth-order valence-electron chi connectivity index (χ4n) is 2.94. The van der Waals surface area contributed by atoms with E-state index in [0.29, 0.717) is 35.1 Å². The van der Waals surface area contributed by atoms with Gasteiger partial charge < -0.3 is 18.9 Å². The molecule has 0 aliphatic rings. The lowest BCUT2D eigenvalue weighted by atomic mass is 10.1. The number of halogens is 3. The van der Waals surface area contributed by atoms with Gasteiger partial charge in [-0.05, 0) is 41.5 Å². The number of rotatable bonds is 10. The lowest BCUT2D eigenvalue weighted by molar-refractivity contribution is -0.137. The van der Waals surface area contributed by atoms with Crippen LogP contribution in [0.5, 0.6) is 11.6 Å². The van der Waals surface area contributed by atoms with E-state index >= 15 is 0 Å². The Hall–Kier alpha value is -3.11. The van der Waals surface area contributed by atoms with Crippen LogP contribution in [0, 0.1) is 0 Å². The van der Waals surface area contributed by atoms with Crippen molar-refractivity contribution < 1.29 is 31.6 Å². The number of methoxy groups -OCH3 is 1. The molecular formula is C23H23F3N2O4S. The molecule has 2 aromatic carbocycles. The molecule has 1 aromatic heterocycles. The Bertz CT molecular complexity index is 1110. The fourth-order valence-corrected chi connectivity index (χ4v) is 3.40. The summed E-state index contributed by atoms with van der Waals surface area (Å²) in [6, 6.07) is 13.9. The van der Waals surface area contributed by atoms with Gasteiger partial charge in [0.25, 0.3) is 0 Å². The number of alkyl halides is 3. The van der Waals surface area contributed by atoms with Crippen molar-refractivity contribution in [2.45, 2.75) is 12.8 Å². The van der Waals surface area contributed by atoms with E-state index in [1.165, 1.54) is 12.3 Å². The summed E-state index contributed by atoms with van der Waals surface area (Å²) in [7, 11) is 0.216. The number of benzene rings is 2. The highest BCUT2D eigenvalue weighted by molar-refractivity contribution is 7.85. The Morgan fingerprint density at radius 2 is 1.79 bits per heavy atom. The molecule has 1 unspecified atom stereocenters. The SMILES string of the molecule is COCCOc1ncc(-c2cccc(OCc3cccc(C(F)(F)F)c3)c2)cc1NS(C)=O. The van der Waals surface area contributed by atoms with E-state index in [-0.39, 0.29) is 13.2 Å². The van der Waals surface area contributed by atoms with Crippen LogP contribution in [0.3, 0.4) is 0 Å². The predicted molar refractivity (Wildman–Crippen MR) is 121 cm³/mol. The summed E-state index contributed by atoms with van der Waals surface area (Å²) in [4.78, 5) is 4.31. The maximum Gasteiger partial charge on any atom is 0.416 e. The number of hydrogen-bond donors (Lipinski definition) is 1. The van der Waals surface area contributed by atoms with Crippen LogP contribution in [-0.2, 0) is 28.5 Å². The van der Waals surface area contributed by atoms with E-state index in [2.05, 4.69) is 9.71 Å². The van der Waals surface area contributed by atoms with Crippen molar-refractivity contribution in [1.82, 2.24) is 4.98 Å². The Morgan fingerprint density at radius 3 is 2.52 bits per heavy atom. The molecule has 176 valence electrons. The van der Waals surface area contributed by atoms with E-state index in [1.54, 1.807) is 43.6 Å². The van der Waals surface area contributed by atoms with Crippen molar-refractivity contribution >= 4 is 16.7 Å². The molecule has 6 nitrogen and oxygen atoms in total. The third-order valence-corrected chi connectivity index (χ3v) is 4.97. The molecule has 1 heterocycles. The minimum absolute atomic E-state index is 0.0144. The molecule has 10 heteroatoms. The van der Waals surface area contributed by atoms with Crippen LogP contribution in [0.1, 0.15) is 11.1 Å². The second-order valence-corrected chi connectivity index (χ2v) is 8.10. The first-order chi connectivity index (χ1) is 15.8. The molecule has 3 rings (SSSR count). The highest BCUT2D eigenvalue weighted by Crippen LogP contribution is 2.32. The molecule has 1 N–H and O–H groups in total. The Balaban J connectivity index is 1.77. The zero-order valence-corrected chi connectivity index (χ0v) is 18.8. The number of nitrogens with one attached hydrogen (secondary N) is 1. The van der Waals surface area contributed by atoms with Gasteiger partial charge in [-0.1, -0.05) is 24.3 Å². The molecule has 0 saturated carbocycles. The smallest absolute Gasteiger partial charge is 0.416 e. The number of nitrogens with zero attached hydrogens (tertiary/aromatic N) is 1. The van der Waals surface area contributed by atoms with Gasteiger partial charge in [-0.15, -0.1) is 0 Å². The highest BCUT2D eigenvalue weighted by Gasteiger charge is 2.30. The van der Waals surface area contributed by atoms with Gasteiger partial charge in [-0.3, -0.25) is 0 Å². The monoisotopic (exact) mass is 480 g/mol. The maximum atomic E-state index is 12.9. The third kappa shape index (κ3) is 7.19. The Labute approximate surface area is 192 Å². The molecule has 1 atom stereocenters. The molecule has 0 amide bonds. The van der Waals surface area contributed by atoms with Crippen LogP contribution in [0.15, 0.2) is 60.8 Å².